The molecule has 3 rings (SSSR count). The molecule has 2 N–H and O–H groups in total. The average molecular weight is 326 g/mol. The summed E-state index contributed by atoms with van der Waals surface area (Å²) in [6, 6.07) is 4.85. The summed E-state index contributed by atoms with van der Waals surface area (Å²) in [5, 5.41) is 14.0. The molecule has 0 radical (unpaired) electrons. The van der Waals surface area contributed by atoms with Gasteiger partial charge in [0, 0.05) is 0 Å². The van der Waals surface area contributed by atoms with Crippen LogP contribution in [0.3, 0.4) is 0 Å². The standard InChI is InChI=1S/C17H18N4O3/c1-4-11-12(5-2)20-21-13(16(23)19-17(21)18-11)8-10-6-7-14(22)15(9-10)24-3/h5-9,20,22H,4H2,1-3H3/b12-5+,13-8+. The molecule has 0 aromatic heterocycles. The van der Waals surface area contributed by atoms with Gasteiger partial charge in [0.05, 0.1) is 18.2 Å². The molecule has 124 valence electrons. The minimum absolute atomic E-state index is 0.0406. The third kappa shape index (κ3) is 2.64. The van der Waals surface area contributed by atoms with Crippen molar-refractivity contribution in [3.05, 3.63) is 50.5 Å². The van der Waals surface area contributed by atoms with E-state index < -0.39 is 0 Å². The van der Waals surface area contributed by atoms with Crippen molar-refractivity contribution in [3.63, 3.8) is 0 Å². The van der Waals surface area contributed by atoms with Crippen molar-refractivity contribution in [1.29, 1.82) is 0 Å². The molecule has 1 aromatic carbocycles. The molecule has 0 atom stereocenters. The molecule has 0 fully saturated rings. The lowest BCUT2D eigenvalue weighted by atomic mass is 10.2. The highest BCUT2D eigenvalue weighted by Crippen LogP contribution is 2.26. The SMILES string of the molecule is C/C=c1/[nH]n2/c(=C/c3ccc(O)c(OC)c3)c(=O)nc-2nc1CC. The highest BCUT2D eigenvalue weighted by molar-refractivity contribution is 5.55. The van der Waals surface area contributed by atoms with Crippen LogP contribution in [-0.4, -0.2) is 32.0 Å². The lowest BCUT2D eigenvalue weighted by Gasteiger charge is -2.06. The van der Waals surface area contributed by atoms with E-state index in [1.807, 2.05) is 19.9 Å². The molecule has 24 heavy (non-hydrogen) atoms. The summed E-state index contributed by atoms with van der Waals surface area (Å²) in [5.41, 5.74) is 1.19. The van der Waals surface area contributed by atoms with Crippen molar-refractivity contribution in [2.75, 3.05) is 7.11 Å². The second-order valence-corrected chi connectivity index (χ2v) is 5.24. The smallest absolute Gasteiger partial charge is 0.299 e. The first-order chi connectivity index (χ1) is 11.6. The van der Waals surface area contributed by atoms with Gasteiger partial charge >= 0.3 is 0 Å². The number of imidazole rings is 1. The number of aryl methyl sites for hydroxylation is 1. The zero-order valence-electron chi connectivity index (χ0n) is 13.7. The number of methoxy groups -OCH3 is 1. The van der Waals surface area contributed by atoms with E-state index in [-0.39, 0.29) is 11.3 Å². The van der Waals surface area contributed by atoms with Crippen LogP contribution in [0, 0.1) is 0 Å². The fourth-order valence-corrected chi connectivity index (χ4v) is 2.52. The van der Waals surface area contributed by atoms with Crippen molar-refractivity contribution < 1.29 is 9.84 Å². The molecule has 2 aliphatic rings. The second-order valence-electron chi connectivity index (χ2n) is 5.24. The van der Waals surface area contributed by atoms with E-state index in [1.165, 1.54) is 13.2 Å². The molecule has 0 saturated carbocycles. The van der Waals surface area contributed by atoms with Gasteiger partial charge in [0.1, 0.15) is 5.35 Å². The Morgan fingerprint density at radius 2 is 2.17 bits per heavy atom. The number of nitrogens with zero attached hydrogens (tertiary/aromatic N) is 3. The molecule has 2 aliphatic heterocycles. The second kappa shape index (κ2) is 6.19. The van der Waals surface area contributed by atoms with Crippen LogP contribution in [0.5, 0.6) is 11.5 Å². The van der Waals surface area contributed by atoms with Crippen LogP contribution in [0.1, 0.15) is 25.1 Å². The van der Waals surface area contributed by atoms with E-state index in [9.17, 15) is 9.90 Å². The van der Waals surface area contributed by atoms with Crippen LogP contribution in [0.4, 0.5) is 0 Å². The Morgan fingerprint density at radius 3 is 2.83 bits per heavy atom. The van der Waals surface area contributed by atoms with E-state index in [2.05, 4.69) is 15.1 Å². The number of ether oxygens (including phenoxy) is 1. The quantitative estimate of drug-likeness (QED) is 0.722. The van der Waals surface area contributed by atoms with Gasteiger partial charge in [0.15, 0.2) is 11.5 Å². The van der Waals surface area contributed by atoms with Crippen molar-refractivity contribution in [1.82, 2.24) is 19.7 Å². The number of aromatic amines is 1. The van der Waals surface area contributed by atoms with Crippen LogP contribution in [0.2, 0.25) is 0 Å². The number of aromatic nitrogens is 4. The van der Waals surface area contributed by atoms with Crippen molar-refractivity contribution in [2.45, 2.75) is 20.3 Å². The third-order valence-corrected chi connectivity index (χ3v) is 3.77. The average Bonchev–Trinajstić information content (AvgIpc) is 2.89. The minimum atomic E-state index is -0.374. The predicted molar refractivity (Wildman–Crippen MR) is 90.2 cm³/mol. The number of aromatic hydroxyl groups is 1. The van der Waals surface area contributed by atoms with E-state index in [0.29, 0.717) is 22.6 Å². The number of phenolic OH excluding ortho intramolecular Hbond substituents is 1. The van der Waals surface area contributed by atoms with Crippen molar-refractivity contribution in [2.24, 2.45) is 0 Å². The summed E-state index contributed by atoms with van der Waals surface area (Å²) in [7, 11) is 1.47. The maximum atomic E-state index is 12.2. The van der Waals surface area contributed by atoms with E-state index in [1.54, 1.807) is 22.9 Å². The van der Waals surface area contributed by atoms with Gasteiger partial charge in [-0.1, -0.05) is 19.1 Å². The fraction of sp³-hybridized carbons (Fsp3) is 0.235. The van der Waals surface area contributed by atoms with Gasteiger partial charge in [-0.3, -0.25) is 9.89 Å². The third-order valence-electron chi connectivity index (χ3n) is 3.77. The van der Waals surface area contributed by atoms with Crippen LogP contribution in [-0.2, 0) is 6.42 Å². The zero-order valence-corrected chi connectivity index (χ0v) is 13.7. The summed E-state index contributed by atoms with van der Waals surface area (Å²) in [6.07, 6.45) is 4.32. The van der Waals surface area contributed by atoms with E-state index in [4.69, 9.17) is 4.74 Å². The summed E-state index contributed by atoms with van der Waals surface area (Å²) in [4.78, 5) is 20.7. The summed E-state index contributed by atoms with van der Waals surface area (Å²) in [6.45, 7) is 3.90. The van der Waals surface area contributed by atoms with Crippen molar-refractivity contribution >= 4 is 12.2 Å². The topological polar surface area (TPSA) is 93.0 Å². The first-order valence-corrected chi connectivity index (χ1v) is 7.60. The number of fused-ring (bicyclic) bond motifs is 1. The lowest BCUT2D eigenvalue weighted by Crippen LogP contribution is -2.33. The number of hydrogen-bond acceptors (Lipinski definition) is 5. The maximum Gasteiger partial charge on any atom is 0.299 e. The molecule has 0 bridgehead atoms. The molecule has 0 saturated heterocycles. The number of hydrogen-bond donors (Lipinski definition) is 2. The molecule has 0 aliphatic carbocycles. The van der Waals surface area contributed by atoms with Gasteiger partial charge < -0.3 is 9.84 Å². The Balaban J connectivity index is 2.27. The largest absolute Gasteiger partial charge is 0.504 e. The summed E-state index contributed by atoms with van der Waals surface area (Å²) >= 11 is 0. The van der Waals surface area contributed by atoms with Crippen LogP contribution < -0.4 is 21.0 Å². The highest BCUT2D eigenvalue weighted by Gasteiger charge is 2.13. The Bertz CT molecular complexity index is 1030. The number of rotatable bonds is 3. The molecule has 0 amide bonds. The molecule has 0 spiro atoms. The van der Waals surface area contributed by atoms with Crippen LogP contribution in [0.15, 0.2) is 23.0 Å². The molecule has 7 heteroatoms. The van der Waals surface area contributed by atoms with Crippen molar-refractivity contribution in [3.8, 4) is 17.4 Å². The Labute approximate surface area is 137 Å². The number of nitrogens with one attached hydrogen (secondary N) is 1. The summed E-state index contributed by atoms with van der Waals surface area (Å²) < 4.78 is 6.66. The number of H-pyrrole nitrogens is 1. The maximum absolute atomic E-state index is 12.2. The first kappa shape index (κ1) is 15.8. The van der Waals surface area contributed by atoms with Crippen LogP contribution in [0.25, 0.3) is 18.1 Å². The summed E-state index contributed by atoms with van der Waals surface area (Å²) in [5.74, 6) is 0.709. The van der Waals surface area contributed by atoms with Gasteiger partial charge in [0.25, 0.3) is 11.5 Å². The predicted octanol–water partition coefficient (Wildman–Crippen LogP) is 0.299. The number of phenols is 1. The Hall–Kier alpha value is -3.09. The van der Waals surface area contributed by atoms with Gasteiger partial charge in [-0.2, -0.15) is 4.98 Å². The minimum Gasteiger partial charge on any atom is -0.504 e. The van der Waals surface area contributed by atoms with Gasteiger partial charge in [-0.25, -0.2) is 9.67 Å². The number of benzene rings is 1. The first-order valence-electron chi connectivity index (χ1n) is 7.60. The Kier molecular flexibility index (Phi) is 4.07. The molecule has 7 nitrogen and oxygen atoms in total. The highest BCUT2D eigenvalue weighted by atomic mass is 16.5. The fourth-order valence-electron chi connectivity index (χ4n) is 2.52. The van der Waals surface area contributed by atoms with Gasteiger partial charge in [-0.15, -0.1) is 0 Å². The molecule has 1 aromatic rings. The normalized spacial score (nSPS) is 13.0. The van der Waals surface area contributed by atoms with Gasteiger partial charge in [0.2, 0.25) is 0 Å². The molecule has 0 unspecified atom stereocenters. The molecular weight excluding hydrogens is 308 g/mol. The lowest BCUT2D eigenvalue weighted by molar-refractivity contribution is 0.373. The molecular formula is C17H18N4O3. The van der Waals surface area contributed by atoms with E-state index >= 15 is 0 Å². The Morgan fingerprint density at radius 1 is 1.38 bits per heavy atom. The van der Waals surface area contributed by atoms with Gasteiger partial charge in [-0.05, 0) is 37.1 Å². The molecule has 2 heterocycles. The monoisotopic (exact) mass is 326 g/mol. The van der Waals surface area contributed by atoms with Crippen LogP contribution >= 0.6 is 0 Å². The zero-order chi connectivity index (χ0) is 17.3. The van der Waals surface area contributed by atoms with E-state index in [0.717, 1.165) is 17.5 Å².